The lowest BCUT2D eigenvalue weighted by atomic mass is 9.82. The number of likely N-dealkylation sites (tertiary alicyclic amines) is 1. The molecule has 1 aliphatic rings. The first-order valence-electron chi connectivity index (χ1n) is 12.5. The molecule has 1 saturated heterocycles. The number of halogens is 1. The fraction of sp³-hybridized carbons (Fsp3) is 0.290. The first kappa shape index (κ1) is 23.0. The fourth-order valence-corrected chi connectivity index (χ4v) is 5.30. The van der Waals surface area contributed by atoms with Gasteiger partial charge in [-0.05, 0) is 66.0 Å². The minimum Gasteiger partial charge on any atom is -0.492 e. The van der Waals surface area contributed by atoms with Crippen molar-refractivity contribution in [2.45, 2.75) is 31.6 Å². The van der Waals surface area contributed by atoms with Crippen LogP contribution >= 0.6 is 11.6 Å². The summed E-state index contributed by atoms with van der Waals surface area (Å²) in [6.07, 6.45) is 5.31. The average Bonchev–Trinajstić information content (AvgIpc) is 3.16. The second-order valence-electron chi connectivity index (χ2n) is 9.20. The van der Waals surface area contributed by atoms with Crippen molar-refractivity contribution in [3.8, 4) is 5.75 Å². The molecule has 1 heterocycles. The maximum absolute atomic E-state index is 6.57. The van der Waals surface area contributed by atoms with Crippen molar-refractivity contribution in [2.24, 2.45) is 0 Å². The lowest BCUT2D eigenvalue weighted by Gasteiger charge is -2.25. The van der Waals surface area contributed by atoms with E-state index < -0.39 is 0 Å². The van der Waals surface area contributed by atoms with Gasteiger partial charge >= 0.3 is 0 Å². The molecule has 0 spiro atoms. The van der Waals surface area contributed by atoms with Crippen molar-refractivity contribution in [1.29, 1.82) is 0 Å². The third-order valence-electron chi connectivity index (χ3n) is 6.92. The molecule has 1 aliphatic heterocycles. The Morgan fingerprint density at radius 1 is 0.706 bits per heavy atom. The maximum atomic E-state index is 6.57. The molecule has 0 amide bonds. The van der Waals surface area contributed by atoms with Crippen LogP contribution in [0.2, 0.25) is 5.02 Å². The van der Waals surface area contributed by atoms with Crippen molar-refractivity contribution in [3.05, 3.63) is 113 Å². The van der Waals surface area contributed by atoms with E-state index in [4.69, 9.17) is 16.3 Å². The van der Waals surface area contributed by atoms with Crippen molar-refractivity contribution in [3.63, 3.8) is 0 Å². The van der Waals surface area contributed by atoms with Crippen LogP contribution in [0.1, 0.15) is 48.3 Å². The van der Waals surface area contributed by atoms with Gasteiger partial charge in [-0.15, -0.1) is 0 Å². The van der Waals surface area contributed by atoms with E-state index in [1.54, 1.807) is 0 Å². The van der Waals surface area contributed by atoms with E-state index >= 15 is 0 Å². The summed E-state index contributed by atoms with van der Waals surface area (Å²) in [5.41, 5.74) is 3.69. The van der Waals surface area contributed by atoms with Crippen LogP contribution in [0.3, 0.4) is 0 Å². The third-order valence-corrected chi connectivity index (χ3v) is 7.17. The Labute approximate surface area is 208 Å². The van der Waals surface area contributed by atoms with Crippen LogP contribution in [0.4, 0.5) is 0 Å². The van der Waals surface area contributed by atoms with Crippen LogP contribution in [0.15, 0.2) is 91.0 Å². The van der Waals surface area contributed by atoms with Gasteiger partial charge in [0.25, 0.3) is 0 Å². The molecule has 34 heavy (non-hydrogen) atoms. The molecule has 1 fully saturated rings. The third kappa shape index (κ3) is 5.29. The highest BCUT2D eigenvalue weighted by atomic mass is 35.5. The van der Waals surface area contributed by atoms with Gasteiger partial charge in [0.05, 0.1) is 0 Å². The quantitative estimate of drug-likeness (QED) is 0.255. The number of rotatable bonds is 7. The van der Waals surface area contributed by atoms with E-state index in [1.165, 1.54) is 66.2 Å². The van der Waals surface area contributed by atoms with E-state index in [9.17, 15) is 0 Å². The second-order valence-corrected chi connectivity index (χ2v) is 9.63. The van der Waals surface area contributed by atoms with E-state index in [1.807, 2.05) is 12.1 Å². The van der Waals surface area contributed by atoms with Gasteiger partial charge in [-0.3, -0.25) is 4.90 Å². The van der Waals surface area contributed by atoms with Gasteiger partial charge in [-0.25, -0.2) is 0 Å². The summed E-state index contributed by atoms with van der Waals surface area (Å²) in [5, 5.41) is 3.22. The first-order chi connectivity index (χ1) is 16.8. The monoisotopic (exact) mass is 469 g/mol. The molecule has 0 bridgehead atoms. The number of benzene rings is 4. The van der Waals surface area contributed by atoms with Crippen molar-refractivity contribution >= 4 is 22.4 Å². The predicted octanol–water partition coefficient (Wildman–Crippen LogP) is 7.93. The Hall–Kier alpha value is -2.81. The van der Waals surface area contributed by atoms with Crippen LogP contribution in [-0.2, 0) is 0 Å². The van der Waals surface area contributed by atoms with E-state index in [-0.39, 0.29) is 5.92 Å². The van der Waals surface area contributed by atoms with E-state index in [0.717, 1.165) is 17.3 Å². The average molecular weight is 470 g/mol. The molecule has 2 nitrogen and oxygen atoms in total. The van der Waals surface area contributed by atoms with Gasteiger partial charge in [0.1, 0.15) is 12.4 Å². The summed E-state index contributed by atoms with van der Waals surface area (Å²) in [6, 6.07) is 31.9. The molecule has 3 heteroatoms. The molecule has 174 valence electrons. The fourth-order valence-electron chi connectivity index (χ4n) is 5.17. The summed E-state index contributed by atoms with van der Waals surface area (Å²) in [4.78, 5) is 2.56. The smallest absolute Gasteiger partial charge is 0.124 e. The zero-order valence-electron chi connectivity index (χ0n) is 19.6. The number of fused-ring (bicyclic) bond motifs is 1. The number of nitrogens with zero attached hydrogens (tertiary/aromatic N) is 1. The predicted molar refractivity (Wildman–Crippen MR) is 143 cm³/mol. The second kappa shape index (κ2) is 11.1. The molecule has 0 radical (unpaired) electrons. The Morgan fingerprint density at radius 3 is 2.15 bits per heavy atom. The summed E-state index contributed by atoms with van der Waals surface area (Å²) < 4.78 is 6.57. The normalized spacial score (nSPS) is 15.7. The minimum atomic E-state index is 0.0535. The summed E-state index contributed by atoms with van der Waals surface area (Å²) in [7, 11) is 0. The Morgan fingerprint density at radius 2 is 1.38 bits per heavy atom. The number of ether oxygens (including phenoxy) is 1. The summed E-state index contributed by atoms with van der Waals surface area (Å²) >= 11 is 6.26. The lowest BCUT2D eigenvalue weighted by molar-refractivity contribution is 0.213. The van der Waals surface area contributed by atoms with Crippen molar-refractivity contribution in [2.75, 3.05) is 26.2 Å². The summed E-state index contributed by atoms with van der Waals surface area (Å²) in [5.74, 6) is 1.02. The zero-order valence-corrected chi connectivity index (χ0v) is 20.4. The lowest BCUT2D eigenvalue weighted by Crippen LogP contribution is -2.29. The van der Waals surface area contributed by atoms with Crippen molar-refractivity contribution in [1.82, 2.24) is 4.90 Å². The Bertz CT molecular complexity index is 1200. The molecular formula is C31H32ClNO. The molecule has 1 atom stereocenters. The van der Waals surface area contributed by atoms with E-state index in [0.29, 0.717) is 6.61 Å². The maximum Gasteiger partial charge on any atom is 0.124 e. The van der Waals surface area contributed by atoms with Gasteiger partial charge < -0.3 is 4.74 Å². The topological polar surface area (TPSA) is 12.5 Å². The van der Waals surface area contributed by atoms with Gasteiger partial charge in [0, 0.05) is 23.0 Å². The molecule has 0 aliphatic carbocycles. The Balaban J connectivity index is 1.55. The summed E-state index contributed by atoms with van der Waals surface area (Å²) in [6.45, 7) is 4.05. The molecule has 0 aromatic heterocycles. The SMILES string of the molecule is Clc1ccc([C@@H](c2ccccc2)c2c(OCCN3CCCCCC3)ccc3ccccc23)cc1. The highest BCUT2D eigenvalue weighted by Gasteiger charge is 2.23. The Kier molecular flexibility index (Phi) is 7.48. The van der Waals surface area contributed by atoms with Crippen LogP contribution in [0.25, 0.3) is 10.8 Å². The van der Waals surface area contributed by atoms with Crippen LogP contribution < -0.4 is 4.74 Å². The van der Waals surface area contributed by atoms with Crippen LogP contribution in [-0.4, -0.2) is 31.1 Å². The molecular weight excluding hydrogens is 438 g/mol. The molecule has 0 saturated carbocycles. The highest BCUT2D eigenvalue weighted by molar-refractivity contribution is 6.30. The minimum absolute atomic E-state index is 0.0535. The molecule has 4 aromatic carbocycles. The van der Waals surface area contributed by atoms with Gasteiger partial charge in [0.2, 0.25) is 0 Å². The molecule has 0 N–H and O–H groups in total. The highest BCUT2D eigenvalue weighted by Crippen LogP contribution is 2.42. The largest absolute Gasteiger partial charge is 0.492 e. The van der Waals surface area contributed by atoms with Crippen molar-refractivity contribution < 1.29 is 4.74 Å². The zero-order chi connectivity index (χ0) is 23.2. The van der Waals surface area contributed by atoms with Gasteiger partial charge in [-0.2, -0.15) is 0 Å². The standard InChI is InChI=1S/C31H32ClNO/c32-27-17-14-26(15-18-27)30(25-11-4-3-5-12-25)31-28-13-7-6-10-24(28)16-19-29(31)34-23-22-33-20-8-1-2-9-21-33/h3-7,10-19,30H,1-2,8-9,20-23H2/t30-/m1/s1. The number of hydrogen-bond acceptors (Lipinski definition) is 2. The molecule has 4 aromatic rings. The molecule has 0 unspecified atom stereocenters. The first-order valence-corrected chi connectivity index (χ1v) is 12.8. The van der Waals surface area contributed by atoms with Crippen LogP contribution in [0, 0.1) is 0 Å². The van der Waals surface area contributed by atoms with E-state index in [2.05, 4.69) is 83.8 Å². The van der Waals surface area contributed by atoms with Gasteiger partial charge in [0.15, 0.2) is 0 Å². The molecule has 5 rings (SSSR count). The van der Waals surface area contributed by atoms with Crippen LogP contribution in [0.5, 0.6) is 5.75 Å². The number of hydrogen-bond donors (Lipinski definition) is 0. The van der Waals surface area contributed by atoms with Gasteiger partial charge in [-0.1, -0.05) is 97.2 Å².